The van der Waals surface area contributed by atoms with E-state index in [9.17, 15) is 14.4 Å². The summed E-state index contributed by atoms with van der Waals surface area (Å²) >= 11 is 0. The number of rotatable bonds is 7. The van der Waals surface area contributed by atoms with Crippen LogP contribution in [0.5, 0.6) is 11.5 Å². The summed E-state index contributed by atoms with van der Waals surface area (Å²) in [6.45, 7) is 22.3. The summed E-state index contributed by atoms with van der Waals surface area (Å²) in [5.74, 6) is -0.00196. The van der Waals surface area contributed by atoms with E-state index in [0.29, 0.717) is 86.9 Å². The lowest BCUT2D eigenvalue weighted by atomic mass is 9.92. The van der Waals surface area contributed by atoms with Crippen molar-refractivity contribution in [2.45, 2.75) is 98.2 Å². The third-order valence-corrected chi connectivity index (χ3v) is 17.4. The van der Waals surface area contributed by atoms with Gasteiger partial charge in [-0.1, -0.05) is 89.7 Å². The first-order valence-electron chi connectivity index (χ1n) is 28.9. The molecule has 1 amide bonds. The van der Waals surface area contributed by atoms with Crippen molar-refractivity contribution in [3.8, 4) is 45.4 Å². The molecule has 2 saturated heterocycles. The average molecular weight is 1130 g/mol. The second-order valence-corrected chi connectivity index (χ2v) is 23.5. The van der Waals surface area contributed by atoms with E-state index < -0.39 is 11.6 Å². The molecule has 4 atom stereocenters. The van der Waals surface area contributed by atoms with Crippen LogP contribution in [0, 0.1) is 31.4 Å². The monoisotopic (exact) mass is 1130 g/mol. The molecular weight excluding hydrogens is 1060 g/mol. The minimum absolute atomic E-state index is 0.103. The number of benzene rings is 4. The highest BCUT2D eigenvalue weighted by Crippen LogP contribution is 2.46. The molecule has 0 spiro atoms. The summed E-state index contributed by atoms with van der Waals surface area (Å²) in [6, 6.07) is 26.0. The third-order valence-electron chi connectivity index (χ3n) is 17.4. The van der Waals surface area contributed by atoms with Crippen molar-refractivity contribution in [1.29, 1.82) is 0 Å². The molecule has 2 fully saturated rings. The van der Waals surface area contributed by atoms with E-state index in [1.165, 1.54) is 12.1 Å². The number of para-hydroxylation sites is 2. The second-order valence-electron chi connectivity index (χ2n) is 23.5. The highest BCUT2D eigenvalue weighted by atomic mass is 19.1. The predicted octanol–water partition coefficient (Wildman–Crippen LogP) is 12.0. The number of piperidine rings is 1. The first-order valence-corrected chi connectivity index (χ1v) is 28.9. The van der Waals surface area contributed by atoms with Crippen molar-refractivity contribution >= 4 is 61.4 Å². The fourth-order valence-corrected chi connectivity index (χ4v) is 13.2. The smallest absolute Gasteiger partial charge is 0.301 e. The number of hydrogen-bond donors (Lipinski definition) is 2. The van der Waals surface area contributed by atoms with Gasteiger partial charge in [-0.05, 0) is 116 Å². The Morgan fingerprint density at radius 2 is 1.13 bits per heavy atom. The Hall–Kier alpha value is -9.19. The van der Waals surface area contributed by atoms with Crippen LogP contribution in [0.2, 0.25) is 0 Å². The maximum Gasteiger partial charge on any atom is 0.301 e. The molecule has 6 aromatic heterocycles. The number of piperazine rings is 1. The van der Waals surface area contributed by atoms with Crippen molar-refractivity contribution in [3.05, 3.63) is 165 Å². The van der Waals surface area contributed by atoms with E-state index in [4.69, 9.17) is 19.4 Å². The Morgan fingerprint density at radius 1 is 0.655 bits per heavy atom. The number of halogens is 2. The molecule has 0 aliphatic carbocycles. The maximum absolute atomic E-state index is 16.4. The molecular formula is C66H65F2N11O5. The largest absolute Gasteiger partial charge is 0.484 e. The Kier molecular flexibility index (Phi) is 13.5. The second kappa shape index (κ2) is 20.9. The Balaban J connectivity index is 0.000000157. The zero-order valence-corrected chi connectivity index (χ0v) is 48.3. The molecule has 4 aliphatic heterocycles. The van der Waals surface area contributed by atoms with Gasteiger partial charge in [0, 0.05) is 47.6 Å². The van der Waals surface area contributed by atoms with Gasteiger partial charge in [-0.3, -0.25) is 23.5 Å². The fraction of sp³-hybridized carbons (Fsp3) is 0.318. The maximum atomic E-state index is 16.4. The molecule has 0 saturated carbocycles. The molecule has 0 radical (unpaired) electrons. The lowest BCUT2D eigenvalue weighted by Gasteiger charge is -2.48. The van der Waals surface area contributed by atoms with Crippen molar-refractivity contribution in [2.75, 3.05) is 42.6 Å². The zero-order chi connectivity index (χ0) is 58.6. The van der Waals surface area contributed by atoms with E-state index in [-0.39, 0.29) is 76.5 Å². The number of aryl methyl sites for hydroxylation is 2. The molecule has 84 heavy (non-hydrogen) atoms. The molecule has 0 bridgehead atoms. The number of carbonyl (C=O) groups is 1. The van der Waals surface area contributed by atoms with Crippen LogP contribution in [0.15, 0.2) is 120 Å². The predicted molar refractivity (Wildman–Crippen MR) is 325 cm³/mol. The number of ether oxygens (including phenoxy) is 2. The third kappa shape index (κ3) is 8.69. The summed E-state index contributed by atoms with van der Waals surface area (Å²) in [5, 5.41) is 1.05. The van der Waals surface area contributed by atoms with Gasteiger partial charge in [-0.15, -0.1) is 0 Å². The van der Waals surface area contributed by atoms with Crippen LogP contribution >= 0.6 is 0 Å². The normalized spacial score (nSPS) is 18.3. The van der Waals surface area contributed by atoms with Crippen molar-refractivity contribution in [1.82, 2.24) is 43.9 Å². The van der Waals surface area contributed by atoms with Crippen LogP contribution in [-0.4, -0.2) is 101 Å². The molecule has 18 heteroatoms. The van der Waals surface area contributed by atoms with E-state index in [0.717, 1.165) is 58.4 Å². The summed E-state index contributed by atoms with van der Waals surface area (Å²) < 4.78 is 48.3. The molecule has 16 nitrogen and oxygen atoms in total. The van der Waals surface area contributed by atoms with Gasteiger partial charge < -0.3 is 34.1 Å². The number of H-pyrrole nitrogens is 2. The van der Waals surface area contributed by atoms with E-state index >= 15 is 8.78 Å². The van der Waals surface area contributed by atoms with Gasteiger partial charge in [0.25, 0.3) is 0 Å². The number of anilines is 2. The molecule has 10 aromatic rings. The van der Waals surface area contributed by atoms with Crippen molar-refractivity contribution in [3.63, 3.8) is 0 Å². The average Bonchev–Trinajstić information content (AvgIpc) is 0.863. The van der Waals surface area contributed by atoms with Gasteiger partial charge in [0.05, 0.1) is 69.6 Å². The first-order chi connectivity index (χ1) is 40.5. The quantitative estimate of drug-likeness (QED) is 0.145. The number of nitrogens with zero attached hydrogens (tertiary/aromatic N) is 9. The number of aromatic nitrogens is 8. The van der Waals surface area contributed by atoms with Crippen molar-refractivity contribution < 1.29 is 23.0 Å². The summed E-state index contributed by atoms with van der Waals surface area (Å²) in [6.07, 6.45) is 6.56. The number of carbonyl (C=O) groups excluding carboxylic acids is 1. The SMILES string of the molecule is C=CC(=O)N1C[C@@H]2COc3c(c4cc(F)c(-c5c(C)ccc6[nH]cnc56)nc4n(-c4ccccc4C(C)C)c3=O)N2C[C@H]1C.Cc1ccc2[nH]cnc2c1-c1nc2c(cc1F)c1c(c(=O)n2-c2ccccc2C(C)C)OC[C@H]2CC[C@H](C)CN12. The number of aromatic amines is 2. The number of hydrogen-bond acceptors (Lipinski definition) is 11. The number of imidazole rings is 2. The Labute approximate surface area is 483 Å². The lowest BCUT2D eigenvalue weighted by molar-refractivity contribution is -0.129. The number of nitrogens with one attached hydrogen (secondary N) is 2. The number of fused-ring (bicyclic) bond motifs is 12. The highest BCUT2D eigenvalue weighted by molar-refractivity contribution is 6.01. The molecule has 4 aliphatic rings. The molecule has 4 aromatic carbocycles. The molecule has 2 N–H and O–H groups in total. The molecule has 14 rings (SSSR count). The minimum atomic E-state index is -0.531. The highest BCUT2D eigenvalue weighted by Gasteiger charge is 2.42. The van der Waals surface area contributed by atoms with Crippen LogP contribution in [0.25, 0.3) is 78.0 Å². The lowest BCUT2D eigenvalue weighted by Crippen LogP contribution is -2.62. The van der Waals surface area contributed by atoms with E-state index in [1.54, 1.807) is 32.8 Å². The van der Waals surface area contributed by atoms with Gasteiger partial charge in [-0.25, -0.2) is 28.7 Å². The number of amides is 1. The fourth-order valence-electron chi connectivity index (χ4n) is 13.2. The first kappa shape index (κ1) is 54.1. The summed E-state index contributed by atoms with van der Waals surface area (Å²) in [5.41, 5.74) is 10.6. The van der Waals surface area contributed by atoms with Gasteiger partial charge in [-0.2, -0.15) is 0 Å². The van der Waals surface area contributed by atoms with Crippen LogP contribution in [0.3, 0.4) is 0 Å². The standard InChI is InChI=1S/C34H33FN6O3.C32H32FN5O2/c1-6-27(42)39-15-21-16-44-32-31(40(21)14-20(39)5)23-13-24(35)29(28-19(4)11-12-25-30(28)37-17-36-25)38-33(23)41(34(32)43)26-10-8-7-9-22(26)18(2)3;1-17(2)21-7-5-6-8-25(21)38-31-22(29-30(32(38)39)40-15-20-11-9-18(3)14-37(20)29)13-23(33)27(36-31)26-19(4)10-12-24-28(26)35-16-34-24/h6-13,17-18,20-21H,1,14-16H2,2-5H3,(H,36,37);5-8,10,12-13,16-18,20H,9,11,14-15H2,1-4H3,(H,34,35)/t20-,21-;18-,20+/m10/s1. The van der Waals surface area contributed by atoms with Gasteiger partial charge >= 0.3 is 11.1 Å². The van der Waals surface area contributed by atoms with Crippen LogP contribution in [0.1, 0.15) is 88.5 Å². The summed E-state index contributed by atoms with van der Waals surface area (Å²) in [7, 11) is 0. The Bertz CT molecular complexity index is 4470. The minimum Gasteiger partial charge on any atom is -0.484 e. The van der Waals surface area contributed by atoms with Gasteiger partial charge in [0.15, 0.2) is 11.3 Å². The Morgan fingerprint density at radius 3 is 1.62 bits per heavy atom. The summed E-state index contributed by atoms with van der Waals surface area (Å²) in [4.78, 5) is 72.8. The van der Waals surface area contributed by atoms with Crippen LogP contribution < -0.4 is 30.4 Å². The topological polar surface area (TPSA) is 172 Å². The van der Waals surface area contributed by atoms with E-state index in [1.807, 2.05) is 93.6 Å². The van der Waals surface area contributed by atoms with Crippen LogP contribution in [0.4, 0.5) is 20.2 Å². The zero-order valence-electron chi connectivity index (χ0n) is 48.3. The molecule has 0 unspecified atom stereocenters. The van der Waals surface area contributed by atoms with E-state index in [2.05, 4.69) is 70.9 Å². The van der Waals surface area contributed by atoms with Crippen LogP contribution in [-0.2, 0) is 4.79 Å². The molecule has 10 heterocycles. The van der Waals surface area contributed by atoms with Gasteiger partial charge in [0.2, 0.25) is 17.4 Å². The van der Waals surface area contributed by atoms with Crippen molar-refractivity contribution in [2.24, 2.45) is 5.92 Å². The number of pyridine rings is 4. The van der Waals surface area contributed by atoms with Gasteiger partial charge in [0.1, 0.15) is 36.2 Å². The molecule has 428 valence electrons.